The van der Waals surface area contributed by atoms with Gasteiger partial charge >= 0.3 is 0 Å². The Kier molecular flexibility index (Phi) is 3.96. The zero-order valence-corrected chi connectivity index (χ0v) is 10.7. The van der Waals surface area contributed by atoms with Gasteiger partial charge in [-0.25, -0.2) is 8.78 Å². The molecule has 0 saturated carbocycles. The molecule has 0 aliphatic rings. The van der Waals surface area contributed by atoms with Gasteiger partial charge in [-0.2, -0.15) is 0 Å². The molecule has 100 valence electrons. The Morgan fingerprint density at radius 2 is 1.53 bits per heavy atom. The third-order valence-electron chi connectivity index (χ3n) is 3.24. The van der Waals surface area contributed by atoms with Crippen molar-refractivity contribution in [3.05, 3.63) is 71.3 Å². The van der Waals surface area contributed by atoms with Gasteiger partial charge in [-0.05, 0) is 24.1 Å². The van der Waals surface area contributed by atoms with E-state index in [-0.39, 0.29) is 12.0 Å². The Balaban J connectivity index is 2.63. The van der Waals surface area contributed by atoms with E-state index in [0.717, 1.165) is 0 Å². The molecule has 0 heterocycles. The topological polar surface area (TPSA) is 20.2 Å². The average Bonchev–Trinajstić information content (AvgIpc) is 2.40. The maximum absolute atomic E-state index is 14.0. The number of halogens is 2. The van der Waals surface area contributed by atoms with Gasteiger partial charge in [0.1, 0.15) is 17.2 Å². The monoisotopic (exact) mass is 262 g/mol. The van der Waals surface area contributed by atoms with Crippen LogP contribution in [0.1, 0.15) is 30.9 Å². The molecule has 2 aromatic carbocycles. The average molecular weight is 262 g/mol. The minimum atomic E-state index is -1.63. The molecule has 0 aromatic heterocycles. The quantitative estimate of drug-likeness (QED) is 0.883. The van der Waals surface area contributed by atoms with Crippen molar-refractivity contribution in [1.29, 1.82) is 0 Å². The molecule has 1 atom stereocenters. The molecule has 0 radical (unpaired) electrons. The molecule has 0 spiro atoms. The molecule has 1 unspecified atom stereocenters. The van der Waals surface area contributed by atoms with E-state index in [0.29, 0.717) is 12.0 Å². The number of hydrogen-bond acceptors (Lipinski definition) is 1. The first kappa shape index (κ1) is 13.7. The summed E-state index contributed by atoms with van der Waals surface area (Å²) in [7, 11) is 0. The van der Waals surface area contributed by atoms with E-state index in [2.05, 4.69) is 0 Å². The summed E-state index contributed by atoms with van der Waals surface area (Å²) in [6.45, 7) is 1.87. The van der Waals surface area contributed by atoms with E-state index in [4.69, 9.17) is 0 Å². The number of aliphatic hydroxyl groups is 1. The first-order valence-electron chi connectivity index (χ1n) is 6.32. The number of benzene rings is 2. The lowest BCUT2D eigenvalue weighted by atomic mass is 9.82. The highest BCUT2D eigenvalue weighted by Gasteiger charge is 2.35. The Morgan fingerprint density at radius 3 is 2.05 bits per heavy atom. The van der Waals surface area contributed by atoms with Crippen molar-refractivity contribution in [3.8, 4) is 0 Å². The van der Waals surface area contributed by atoms with Crippen LogP contribution in [-0.4, -0.2) is 5.11 Å². The third-order valence-corrected chi connectivity index (χ3v) is 3.24. The van der Waals surface area contributed by atoms with Gasteiger partial charge in [0, 0.05) is 0 Å². The van der Waals surface area contributed by atoms with Crippen LogP contribution >= 0.6 is 0 Å². The molecule has 2 aromatic rings. The standard InChI is InChI=1S/C16H16F2O/c1-2-11-16(19,12-7-4-3-5-8-12)15-13(17)9-6-10-14(15)18/h3-10,19H,2,11H2,1H3. The fourth-order valence-electron chi connectivity index (χ4n) is 2.38. The van der Waals surface area contributed by atoms with Gasteiger partial charge in [-0.3, -0.25) is 0 Å². The number of hydrogen-bond donors (Lipinski definition) is 1. The van der Waals surface area contributed by atoms with Gasteiger partial charge in [-0.1, -0.05) is 49.7 Å². The molecule has 0 amide bonds. The maximum Gasteiger partial charge on any atom is 0.132 e. The van der Waals surface area contributed by atoms with Crippen molar-refractivity contribution in [2.24, 2.45) is 0 Å². The smallest absolute Gasteiger partial charge is 0.132 e. The zero-order valence-electron chi connectivity index (χ0n) is 10.7. The summed E-state index contributed by atoms with van der Waals surface area (Å²) in [4.78, 5) is 0. The second-order valence-electron chi connectivity index (χ2n) is 4.57. The minimum Gasteiger partial charge on any atom is -0.380 e. The van der Waals surface area contributed by atoms with Gasteiger partial charge in [0.15, 0.2) is 0 Å². The lowest BCUT2D eigenvalue weighted by molar-refractivity contribution is 0.0622. The molecule has 1 nitrogen and oxygen atoms in total. The van der Waals surface area contributed by atoms with E-state index in [1.807, 2.05) is 6.92 Å². The van der Waals surface area contributed by atoms with Crippen LogP contribution in [0, 0.1) is 11.6 Å². The van der Waals surface area contributed by atoms with Crippen LogP contribution in [0.25, 0.3) is 0 Å². The fraction of sp³-hybridized carbons (Fsp3) is 0.250. The molecule has 1 N–H and O–H groups in total. The van der Waals surface area contributed by atoms with Crippen LogP contribution in [0.2, 0.25) is 0 Å². The second kappa shape index (κ2) is 5.49. The van der Waals surface area contributed by atoms with Crippen LogP contribution in [0.4, 0.5) is 8.78 Å². The predicted molar refractivity (Wildman–Crippen MR) is 70.7 cm³/mol. The summed E-state index contributed by atoms with van der Waals surface area (Å²) in [5, 5.41) is 10.8. The number of rotatable bonds is 4. The summed E-state index contributed by atoms with van der Waals surface area (Å²) in [5.74, 6) is -1.44. The van der Waals surface area contributed by atoms with Crippen molar-refractivity contribution in [2.75, 3.05) is 0 Å². The summed E-state index contributed by atoms with van der Waals surface area (Å²) in [5.41, 5.74) is -1.41. The van der Waals surface area contributed by atoms with Crippen LogP contribution in [0.3, 0.4) is 0 Å². The summed E-state index contributed by atoms with van der Waals surface area (Å²) in [6, 6.07) is 12.3. The Morgan fingerprint density at radius 1 is 0.947 bits per heavy atom. The van der Waals surface area contributed by atoms with Crippen LogP contribution in [-0.2, 0) is 5.60 Å². The van der Waals surface area contributed by atoms with Gasteiger partial charge < -0.3 is 5.11 Å². The van der Waals surface area contributed by atoms with Crippen molar-refractivity contribution >= 4 is 0 Å². The summed E-state index contributed by atoms with van der Waals surface area (Å²) < 4.78 is 27.9. The molecule has 19 heavy (non-hydrogen) atoms. The lowest BCUT2D eigenvalue weighted by Crippen LogP contribution is -2.29. The largest absolute Gasteiger partial charge is 0.380 e. The van der Waals surface area contributed by atoms with Crippen molar-refractivity contribution in [1.82, 2.24) is 0 Å². The third kappa shape index (κ3) is 2.51. The summed E-state index contributed by atoms with van der Waals surface area (Å²) in [6.07, 6.45) is 0.869. The van der Waals surface area contributed by atoms with E-state index in [1.54, 1.807) is 30.3 Å². The van der Waals surface area contributed by atoms with Crippen LogP contribution < -0.4 is 0 Å². The van der Waals surface area contributed by atoms with Crippen molar-refractivity contribution in [2.45, 2.75) is 25.4 Å². The Labute approximate surface area is 111 Å². The van der Waals surface area contributed by atoms with Gasteiger partial charge in [0.05, 0.1) is 5.56 Å². The van der Waals surface area contributed by atoms with Gasteiger partial charge in [0.25, 0.3) is 0 Å². The fourth-order valence-corrected chi connectivity index (χ4v) is 2.38. The van der Waals surface area contributed by atoms with Gasteiger partial charge in [-0.15, -0.1) is 0 Å². The van der Waals surface area contributed by atoms with Crippen LogP contribution in [0.5, 0.6) is 0 Å². The Bertz CT molecular complexity index is 534. The lowest BCUT2D eigenvalue weighted by Gasteiger charge is -2.29. The molecule has 0 aliphatic carbocycles. The molecular weight excluding hydrogens is 246 g/mol. The highest BCUT2D eigenvalue weighted by molar-refractivity contribution is 5.37. The van der Waals surface area contributed by atoms with Crippen molar-refractivity contribution < 1.29 is 13.9 Å². The molecule has 0 aliphatic heterocycles. The molecule has 0 fully saturated rings. The van der Waals surface area contributed by atoms with E-state index >= 15 is 0 Å². The maximum atomic E-state index is 14.0. The first-order valence-corrected chi connectivity index (χ1v) is 6.32. The molecule has 0 bridgehead atoms. The van der Waals surface area contributed by atoms with Crippen LogP contribution in [0.15, 0.2) is 48.5 Å². The predicted octanol–water partition coefficient (Wildman–Crippen LogP) is 4.00. The van der Waals surface area contributed by atoms with E-state index in [1.165, 1.54) is 18.2 Å². The Hall–Kier alpha value is -1.74. The van der Waals surface area contributed by atoms with E-state index in [9.17, 15) is 13.9 Å². The minimum absolute atomic E-state index is 0.259. The zero-order chi connectivity index (χ0) is 13.9. The molecule has 0 saturated heterocycles. The first-order chi connectivity index (χ1) is 9.09. The van der Waals surface area contributed by atoms with Crippen molar-refractivity contribution in [3.63, 3.8) is 0 Å². The molecule has 3 heteroatoms. The highest BCUT2D eigenvalue weighted by Crippen LogP contribution is 2.36. The highest BCUT2D eigenvalue weighted by atomic mass is 19.1. The van der Waals surface area contributed by atoms with Gasteiger partial charge in [0.2, 0.25) is 0 Å². The molecular formula is C16H16F2O. The normalized spacial score (nSPS) is 14.1. The van der Waals surface area contributed by atoms with E-state index < -0.39 is 17.2 Å². The summed E-state index contributed by atoms with van der Waals surface area (Å²) >= 11 is 0. The second-order valence-corrected chi connectivity index (χ2v) is 4.57. The SMILES string of the molecule is CCCC(O)(c1ccccc1)c1c(F)cccc1F. The molecule has 2 rings (SSSR count).